The van der Waals surface area contributed by atoms with Crippen molar-refractivity contribution in [3.8, 4) is 0 Å². The summed E-state index contributed by atoms with van der Waals surface area (Å²) in [5.74, 6) is 0.581. The summed E-state index contributed by atoms with van der Waals surface area (Å²) in [5, 5.41) is 2.16. The van der Waals surface area contributed by atoms with E-state index in [4.69, 9.17) is 5.73 Å². The molecule has 1 aromatic heterocycles. The molecule has 1 aromatic carbocycles. The Morgan fingerprint density at radius 2 is 1.90 bits per heavy atom. The van der Waals surface area contributed by atoms with E-state index in [-0.39, 0.29) is 6.04 Å². The first-order valence-electron chi connectivity index (χ1n) is 7.12. The molecule has 0 amide bonds. The number of rotatable bonds is 2. The molecule has 0 aliphatic carbocycles. The first kappa shape index (κ1) is 13.5. The quantitative estimate of drug-likeness (QED) is 0.888. The summed E-state index contributed by atoms with van der Waals surface area (Å²) in [6.45, 7) is 6.24. The average molecular weight is 280 g/mol. The van der Waals surface area contributed by atoms with Crippen LogP contribution >= 0.6 is 0 Å². The Kier molecular flexibility index (Phi) is 3.29. The maximum Gasteiger partial charge on any atom is 0.128 e. The Labute approximate surface area is 125 Å². The summed E-state index contributed by atoms with van der Waals surface area (Å²) in [7, 11) is 0. The molecule has 2 heterocycles. The molecule has 0 saturated carbocycles. The molecule has 0 fully saturated rings. The van der Waals surface area contributed by atoms with Crippen LogP contribution in [0.4, 0.5) is 11.5 Å². The zero-order chi connectivity index (χ0) is 15.0. The molecule has 4 heteroatoms. The first-order valence-corrected chi connectivity index (χ1v) is 7.12. The average Bonchev–Trinajstić information content (AvgIpc) is 2.87. The number of nitrogens with two attached hydrogens (primary N) is 1. The monoisotopic (exact) mass is 280 g/mol. The Balaban J connectivity index is 1.96. The van der Waals surface area contributed by atoms with Crippen LogP contribution in [-0.2, 0) is 0 Å². The fraction of sp³-hybridized carbons (Fsp3) is 0.235. The Morgan fingerprint density at radius 1 is 1.19 bits per heavy atom. The van der Waals surface area contributed by atoms with Gasteiger partial charge in [0.05, 0.1) is 17.4 Å². The second-order valence-corrected chi connectivity index (χ2v) is 5.47. The lowest BCUT2D eigenvalue weighted by Crippen LogP contribution is -2.38. The van der Waals surface area contributed by atoms with Crippen LogP contribution in [-0.4, -0.2) is 11.0 Å². The Bertz CT molecular complexity index is 691. The highest BCUT2D eigenvalue weighted by Crippen LogP contribution is 2.32. The maximum absolute atomic E-state index is 5.97. The molecule has 0 spiro atoms. The lowest BCUT2D eigenvalue weighted by Gasteiger charge is -2.28. The van der Waals surface area contributed by atoms with Crippen LogP contribution in [0.1, 0.15) is 23.6 Å². The van der Waals surface area contributed by atoms with E-state index in [0.717, 1.165) is 22.5 Å². The number of pyridine rings is 1. The third-order valence-corrected chi connectivity index (χ3v) is 3.89. The van der Waals surface area contributed by atoms with Crippen molar-refractivity contribution in [3.05, 3.63) is 59.3 Å². The normalized spacial score (nSPS) is 17.6. The molecule has 0 bridgehead atoms. The highest BCUT2D eigenvalue weighted by molar-refractivity contribution is 5.74. The van der Waals surface area contributed by atoms with Crippen molar-refractivity contribution < 1.29 is 0 Å². The van der Waals surface area contributed by atoms with E-state index in [2.05, 4.69) is 47.5 Å². The van der Waals surface area contributed by atoms with Crippen LogP contribution in [0.25, 0.3) is 5.70 Å². The van der Waals surface area contributed by atoms with Crippen molar-refractivity contribution >= 4 is 17.2 Å². The van der Waals surface area contributed by atoms with E-state index in [1.807, 2.05) is 31.3 Å². The highest BCUT2D eigenvalue weighted by Gasteiger charge is 2.25. The zero-order valence-corrected chi connectivity index (χ0v) is 12.6. The van der Waals surface area contributed by atoms with Crippen molar-refractivity contribution in [3.63, 3.8) is 0 Å². The van der Waals surface area contributed by atoms with Crippen LogP contribution < -0.4 is 16.2 Å². The van der Waals surface area contributed by atoms with Gasteiger partial charge >= 0.3 is 0 Å². The van der Waals surface area contributed by atoms with E-state index in [1.165, 1.54) is 5.56 Å². The number of hydrogen-bond acceptors (Lipinski definition) is 4. The van der Waals surface area contributed by atoms with Gasteiger partial charge in [0.1, 0.15) is 5.82 Å². The van der Waals surface area contributed by atoms with Crippen molar-refractivity contribution in [2.45, 2.75) is 26.8 Å². The summed E-state index contributed by atoms with van der Waals surface area (Å²) >= 11 is 0. The van der Waals surface area contributed by atoms with Gasteiger partial charge in [0, 0.05) is 11.8 Å². The van der Waals surface area contributed by atoms with Crippen LogP contribution in [0.3, 0.4) is 0 Å². The van der Waals surface area contributed by atoms with Gasteiger partial charge in [0.2, 0.25) is 0 Å². The maximum atomic E-state index is 5.97. The molecule has 21 heavy (non-hydrogen) atoms. The number of aryl methyl sites for hydroxylation is 1. The van der Waals surface area contributed by atoms with Crippen molar-refractivity contribution in [2.75, 3.05) is 10.7 Å². The molecular weight excluding hydrogens is 260 g/mol. The largest absolute Gasteiger partial charge is 0.383 e. The van der Waals surface area contributed by atoms with Gasteiger partial charge in [0.25, 0.3) is 0 Å². The molecule has 3 rings (SSSR count). The molecule has 0 saturated heterocycles. The van der Waals surface area contributed by atoms with Gasteiger partial charge in [-0.15, -0.1) is 0 Å². The second kappa shape index (κ2) is 5.13. The van der Waals surface area contributed by atoms with Gasteiger partial charge in [-0.2, -0.15) is 0 Å². The molecular formula is C17H20N4. The van der Waals surface area contributed by atoms with Crippen LogP contribution in [0, 0.1) is 13.8 Å². The number of nitrogens with one attached hydrogen (secondary N) is 1. The molecule has 1 unspecified atom stereocenters. The Hall–Kier alpha value is -2.49. The number of nitrogens with zero attached hydrogens (tertiary/aromatic N) is 2. The molecule has 2 aromatic rings. The molecule has 1 aliphatic rings. The summed E-state index contributed by atoms with van der Waals surface area (Å²) in [6.07, 6.45) is 4.05. The second-order valence-electron chi connectivity index (χ2n) is 5.47. The topological polar surface area (TPSA) is 54.2 Å². The molecule has 108 valence electrons. The summed E-state index contributed by atoms with van der Waals surface area (Å²) in [6, 6.07) is 10.6. The summed E-state index contributed by atoms with van der Waals surface area (Å²) < 4.78 is 0. The molecule has 4 nitrogen and oxygen atoms in total. The predicted octanol–water partition coefficient (Wildman–Crippen LogP) is 3.03. The van der Waals surface area contributed by atoms with Gasteiger partial charge in [-0.1, -0.05) is 30.3 Å². The van der Waals surface area contributed by atoms with E-state index in [0.29, 0.717) is 5.82 Å². The number of hydrogen-bond donors (Lipinski definition) is 2. The van der Waals surface area contributed by atoms with Crippen LogP contribution in [0.5, 0.6) is 0 Å². The molecule has 1 atom stereocenters. The number of anilines is 2. The van der Waals surface area contributed by atoms with E-state index >= 15 is 0 Å². The van der Waals surface area contributed by atoms with Crippen molar-refractivity contribution in [1.82, 2.24) is 10.4 Å². The Morgan fingerprint density at radius 3 is 2.62 bits per heavy atom. The molecule has 0 radical (unpaired) electrons. The van der Waals surface area contributed by atoms with E-state index in [1.54, 1.807) is 0 Å². The first-order chi connectivity index (χ1) is 10.1. The lowest BCUT2D eigenvalue weighted by molar-refractivity contribution is 0.728. The standard InChI is InChI=1S/C17H20N4/c1-11-10-19-17(18)13(3)16(11)21-12(2)9-15(20-21)14-7-5-4-6-8-14/h4-10,12,20H,1-3H3,(H2,18,19). The van der Waals surface area contributed by atoms with Crippen molar-refractivity contribution in [2.24, 2.45) is 0 Å². The minimum Gasteiger partial charge on any atom is -0.383 e. The van der Waals surface area contributed by atoms with Crippen LogP contribution in [0.15, 0.2) is 42.6 Å². The van der Waals surface area contributed by atoms with Crippen molar-refractivity contribution in [1.29, 1.82) is 0 Å². The third-order valence-electron chi connectivity index (χ3n) is 3.89. The smallest absolute Gasteiger partial charge is 0.128 e. The van der Waals surface area contributed by atoms with Crippen LogP contribution in [0.2, 0.25) is 0 Å². The SMILES string of the molecule is Cc1cnc(N)c(C)c1N1NC(c2ccccc2)=CC1C. The fourth-order valence-corrected chi connectivity index (χ4v) is 2.73. The number of hydrazine groups is 1. The van der Waals surface area contributed by atoms with Gasteiger partial charge in [0.15, 0.2) is 0 Å². The zero-order valence-electron chi connectivity index (χ0n) is 12.6. The lowest BCUT2D eigenvalue weighted by atomic mass is 10.1. The molecule has 1 aliphatic heterocycles. The molecule has 3 N–H and O–H groups in total. The summed E-state index contributed by atoms with van der Waals surface area (Å²) in [4.78, 5) is 4.22. The predicted molar refractivity (Wildman–Crippen MR) is 87.6 cm³/mol. The van der Waals surface area contributed by atoms with E-state index in [9.17, 15) is 0 Å². The van der Waals surface area contributed by atoms with Gasteiger partial charge in [-0.05, 0) is 38.0 Å². The number of aromatic nitrogens is 1. The van der Waals surface area contributed by atoms with Gasteiger partial charge in [-0.3, -0.25) is 10.4 Å². The fourth-order valence-electron chi connectivity index (χ4n) is 2.73. The minimum atomic E-state index is 0.249. The van der Waals surface area contributed by atoms with Gasteiger partial charge in [-0.25, -0.2) is 4.98 Å². The summed E-state index contributed by atoms with van der Waals surface area (Å²) in [5.41, 5.74) is 15.0. The number of benzene rings is 1. The highest BCUT2D eigenvalue weighted by atomic mass is 15.5. The van der Waals surface area contributed by atoms with Gasteiger partial charge < -0.3 is 5.73 Å². The third kappa shape index (κ3) is 2.33. The van der Waals surface area contributed by atoms with E-state index < -0.39 is 0 Å². The number of nitrogen functional groups attached to an aromatic ring is 1. The minimum absolute atomic E-state index is 0.249.